The molecular weight excluding hydrogens is 396 g/mol. The van der Waals surface area contributed by atoms with Crippen LogP contribution in [0.3, 0.4) is 0 Å². The molecular formula is C23H34N4O2S. The smallest absolute Gasteiger partial charge is 0.303 e. The highest BCUT2D eigenvalue weighted by Gasteiger charge is 2.28. The molecule has 1 aliphatic rings. The summed E-state index contributed by atoms with van der Waals surface area (Å²) in [5, 5.41) is 23.3. The van der Waals surface area contributed by atoms with Crippen molar-refractivity contribution in [3.05, 3.63) is 28.8 Å². The monoisotopic (exact) mass is 430 g/mol. The summed E-state index contributed by atoms with van der Waals surface area (Å²) in [6.07, 6.45) is 2.53. The zero-order valence-electron chi connectivity index (χ0n) is 18.7. The van der Waals surface area contributed by atoms with Crippen LogP contribution < -0.4 is 10.2 Å². The maximum atomic E-state index is 11.2. The molecule has 1 saturated carbocycles. The zero-order chi connectivity index (χ0) is 21.8. The van der Waals surface area contributed by atoms with Crippen LogP contribution in [0.2, 0.25) is 0 Å². The van der Waals surface area contributed by atoms with Crippen LogP contribution in [0.5, 0.6) is 0 Å². The highest BCUT2D eigenvalue weighted by Crippen LogP contribution is 2.43. The van der Waals surface area contributed by atoms with E-state index in [0.29, 0.717) is 17.8 Å². The van der Waals surface area contributed by atoms with E-state index in [1.165, 1.54) is 12.8 Å². The predicted molar refractivity (Wildman–Crippen MR) is 124 cm³/mol. The van der Waals surface area contributed by atoms with Crippen molar-refractivity contribution in [1.29, 1.82) is 0 Å². The van der Waals surface area contributed by atoms with Crippen LogP contribution in [0.1, 0.15) is 76.3 Å². The number of aromatic nitrogens is 2. The number of carboxylic acid groups (broad SMARTS) is 1. The van der Waals surface area contributed by atoms with Gasteiger partial charge in [-0.3, -0.25) is 4.79 Å². The lowest BCUT2D eigenvalue weighted by molar-refractivity contribution is -0.137. The van der Waals surface area contributed by atoms with E-state index in [2.05, 4.69) is 66.3 Å². The number of nitrogens with zero attached hydrogens (tertiary/aromatic N) is 3. The molecule has 0 aliphatic heterocycles. The molecule has 0 bridgehead atoms. The fraction of sp³-hybridized carbons (Fsp3) is 0.609. The number of nitrogens with one attached hydrogen (secondary N) is 1. The van der Waals surface area contributed by atoms with Crippen LogP contribution in [0, 0.1) is 11.8 Å². The first kappa shape index (κ1) is 22.5. The summed E-state index contributed by atoms with van der Waals surface area (Å²) in [4.78, 5) is 13.6. The van der Waals surface area contributed by atoms with Crippen molar-refractivity contribution in [2.24, 2.45) is 11.8 Å². The number of anilines is 3. The summed E-state index contributed by atoms with van der Waals surface area (Å²) in [5.41, 5.74) is 3.13. The molecule has 1 atom stereocenters. The van der Waals surface area contributed by atoms with Crippen LogP contribution in [-0.4, -0.2) is 34.4 Å². The standard InChI is InChI=1S/C23H34N4O2S/c1-14(2)12-27(13-15(3)4)20-9-8-18(16(5)10-21(28)29)11-19(20)24-23-26-25-22(30-23)17-6-7-17/h8-9,11,14-17H,6-7,10,12-13H2,1-5H3,(H,24,26)(H,28,29). The predicted octanol–water partition coefficient (Wildman–Crippen LogP) is 5.86. The molecule has 1 fully saturated rings. The summed E-state index contributed by atoms with van der Waals surface area (Å²) in [5.74, 6) is 0.811. The Kier molecular flexibility index (Phi) is 7.34. The van der Waals surface area contributed by atoms with Crippen molar-refractivity contribution < 1.29 is 9.90 Å². The molecule has 2 aromatic rings. The third-order valence-corrected chi connectivity index (χ3v) is 6.19. The lowest BCUT2D eigenvalue weighted by Gasteiger charge is -2.31. The molecule has 1 aliphatic carbocycles. The summed E-state index contributed by atoms with van der Waals surface area (Å²) in [7, 11) is 0. The summed E-state index contributed by atoms with van der Waals surface area (Å²) in [6.45, 7) is 12.8. The molecule has 30 heavy (non-hydrogen) atoms. The van der Waals surface area contributed by atoms with E-state index in [-0.39, 0.29) is 12.3 Å². The Morgan fingerprint density at radius 1 is 1.17 bits per heavy atom. The largest absolute Gasteiger partial charge is 0.481 e. The van der Waals surface area contributed by atoms with E-state index < -0.39 is 5.97 Å². The van der Waals surface area contributed by atoms with Crippen molar-refractivity contribution in [2.45, 2.75) is 65.7 Å². The van der Waals surface area contributed by atoms with E-state index in [0.717, 1.165) is 40.2 Å². The first-order valence-corrected chi connectivity index (χ1v) is 11.8. The number of benzene rings is 1. The molecule has 164 valence electrons. The number of carboxylic acids is 1. The van der Waals surface area contributed by atoms with E-state index in [4.69, 9.17) is 0 Å². The minimum Gasteiger partial charge on any atom is -0.481 e. The Balaban J connectivity index is 1.94. The minimum atomic E-state index is -0.777. The number of hydrogen-bond acceptors (Lipinski definition) is 6. The SMILES string of the molecule is CC(C)CN(CC(C)C)c1ccc(C(C)CC(=O)O)cc1Nc1nnc(C2CC2)s1. The van der Waals surface area contributed by atoms with Gasteiger partial charge in [0.25, 0.3) is 0 Å². The molecule has 1 heterocycles. The molecule has 1 aromatic carbocycles. The molecule has 0 radical (unpaired) electrons. The number of hydrogen-bond donors (Lipinski definition) is 2. The van der Waals surface area contributed by atoms with Crippen molar-refractivity contribution in [1.82, 2.24) is 10.2 Å². The third kappa shape index (κ3) is 6.17. The average molecular weight is 431 g/mol. The molecule has 6 nitrogen and oxygen atoms in total. The molecule has 0 saturated heterocycles. The Morgan fingerprint density at radius 2 is 1.83 bits per heavy atom. The molecule has 0 spiro atoms. The van der Waals surface area contributed by atoms with Gasteiger partial charge in [-0.15, -0.1) is 10.2 Å². The number of aliphatic carboxylic acids is 1. The first-order chi connectivity index (χ1) is 14.2. The summed E-state index contributed by atoms with van der Waals surface area (Å²) in [6, 6.07) is 6.29. The normalized spacial score (nSPS) is 14.9. The second-order valence-corrected chi connectivity index (χ2v) is 10.3. The van der Waals surface area contributed by atoms with Gasteiger partial charge in [0.1, 0.15) is 5.01 Å². The molecule has 1 unspecified atom stereocenters. The van der Waals surface area contributed by atoms with E-state index in [1.54, 1.807) is 11.3 Å². The Hall–Kier alpha value is -2.15. The highest BCUT2D eigenvalue weighted by molar-refractivity contribution is 7.15. The van der Waals surface area contributed by atoms with Gasteiger partial charge >= 0.3 is 5.97 Å². The van der Waals surface area contributed by atoms with Gasteiger partial charge in [-0.05, 0) is 48.3 Å². The Morgan fingerprint density at radius 3 is 2.40 bits per heavy atom. The van der Waals surface area contributed by atoms with Gasteiger partial charge in [0.2, 0.25) is 5.13 Å². The summed E-state index contributed by atoms with van der Waals surface area (Å²) < 4.78 is 0. The zero-order valence-corrected chi connectivity index (χ0v) is 19.5. The van der Waals surface area contributed by atoms with Gasteiger partial charge in [-0.1, -0.05) is 52.0 Å². The minimum absolute atomic E-state index is 0.0582. The van der Waals surface area contributed by atoms with Gasteiger partial charge in [0.05, 0.1) is 17.8 Å². The van der Waals surface area contributed by atoms with Gasteiger partial charge in [-0.25, -0.2) is 0 Å². The number of carbonyl (C=O) groups is 1. The van der Waals surface area contributed by atoms with Crippen LogP contribution in [0.15, 0.2) is 18.2 Å². The second-order valence-electron chi connectivity index (χ2n) is 9.31. The fourth-order valence-electron chi connectivity index (χ4n) is 3.66. The quantitative estimate of drug-likeness (QED) is 0.465. The van der Waals surface area contributed by atoms with E-state index in [9.17, 15) is 9.90 Å². The van der Waals surface area contributed by atoms with Crippen molar-refractivity contribution in [3.63, 3.8) is 0 Å². The summed E-state index contributed by atoms with van der Waals surface area (Å²) >= 11 is 1.63. The Labute approximate surface area is 183 Å². The molecule has 1 aromatic heterocycles. The third-order valence-electron chi connectivity index (χ3n) is 5.19. The van der Waals surface area contributed by atoms with Crippen molar-refractivity contribution in [2.75, 3.05) is 23.3 Å². The average Bonchev–Trinajstić information content (AvgIpc) is 3.39. The van der Waals surface area contributed by atoms with Crippen LogP contribution >= 0.6 is 11.3 Å². The highest BCUT2D eigenvalue weighted by atomic mass is 32.1. The second kappa shape index (κ2) is 9.77. The van der Waals surface area contributed by atoms with E-state index in [1.807, 2.05) is 6.92 Å². The topological polar surface area (TPSA) is 78.4 Å². The fourth-order valence-corrected chi connectivity index (χ4v) is 4.59. The maximum absolute atomic E-state index is 11.2. The molecule has 2 N–H and O–H groups in total. The van der Waals surface area contributed by atoms with Gasteiger partial charge in [0.15, 0.2) is 0 Å². The number of rotatable bonds is 11. The maximum Gasteiger partial charge on any atom is 0.303 e. The molecule has 7 heteroatoms. The van der Waals surface area contributed by atoms with Crippen molar-refractivity contribution >= 4 is 33.8 Å². The molecule has 0 amide bonds. The lowest BCUT2D eigenvalue weighted by atomic mass is 9.96. The van der Waals surface area contributed by atoms with Crippen LogP contribution in [0.25, 0.3) is 0 Å². The van der Waals surface area contributed by atoms with Crippen LogP contribution in [0.4, 0.5) is 16.5 Å². The van der Waals surface area contributed by atoms with Crippen molar-refractivity contribution in [3.8, 4) is 0 Å². The first-order valence-electron chi connectivity index (χ1n) is 10.9. The van der Waals surface area contributed by atoms with Gasteiger partial charge in [0, 0.05) is 19.0 Å². The lowest BCUT2D eigenvalue weighted by Crippen LogP contribution is -2.31. The van der Waals surface area contributed by atoms with E-state index >= 15 is 0 Å². The van der Waals surface area contributed by atoms with Gasteiger partial charge in [-0.2, -0.15) is 0 Å². The van der Waals surface area contributed by atoms with Crippen LogP contribution in [-0.2, 0) is 4.79 Å². The van der Waals surface area contributed by atoms with Gasteiger partial charge < -0.3 is 15.3 Å². The Bertz CT molecular complexity index is 851. The molecule has 3 rings (SSSR count).